The average molecular weight is 574 g/mol. The number of aliphatic hydroxyl groups is 2. The first-order valence-electron chi connectivity index (χ1n) is 13.7. The van der Waals surface area contributed by atoms with Crippen LogP contribution >= 0.6 is 11.3 Å². The normalized spacial score (nSPS) is 14.0. The minimum absolute atomic E-state index is 0.0469. The summed E-state index contributed by atoms with van der Waals surface area (Å²) in [5.41, 5.74) is 2.83. The van der Waals surface area contributed by atoms with Gasteiger partial charge in [0.15, 0.2) is 11.3 Å². The predicted molar refractivity (Wildman–Crippen MR) is 163 cm³/mol. The standard InChI is InChI=1S/C31H31N3O6S/c35-14-10-33(11-15-36)19-27(38)32-24-9-8-21(31-29(24)23-4-1-2-7-26(23)41-31)20-5-3-6-22-25(37)18-28(40-30(20)22)34-12-16-39-17-13-34/h1-9,18,35-36H,10-17,19H2,(H,32,38). The van der Waals surface area contributed by atoms with Crippen molar-refractivity contribution in [1.29, 1.82) is 0 Å². The van der Waals surface area contributed by atoms with Crippen molar-refractivity contribution in [2.75, 3.05) is 69.4 Å². The van der Waals surface area contributed by atoms with Crippen LogP contribution in [0.5, 0.6) is 0 Å². The van der Waals surface area contributed by atoms with E-state index in [1.54, 1.807) is 28.4 Å². The SMILES string of the molecule is O=C(CN(CCO)CCO)Nc1ccc(-c2cccc3c(=O)cc(N4CCOCC4)oc23)c2sc3ccccc3c12. The molecule has 0 saturated carbocycles. The molecule has 41 heavy (non-hydrogen) atoms. The van der Waals surface area contributed by atoms with Crippen molar-refractivity contribution in [3.8, 4) is 11.1 Å². The van der Waals surface area contributed by atoms with Gasteiger partial charge in [0.2, 0.25) is 5.91 Å². The Kier molecular flexibility index (Phi) is 8.00. The number of hydrogen-bond donors (Lipinski definition) is 3. The lowest BCUT2D eigenvalue weighted by Gasteiger charge is -2.27. The molecule has 1 amide bonds. The van der Waals surface area contributed by atoms with Crippen molar-refractivity contribution in [2.45, 2.75) is 0 Å². The van der Waals surface area contributed by atoms with Crippen LogP contribution in [-0.4, -0.2) is 80.2 Å². The van der Waals surface area contributed by atoms with E-state index in [-0.39, 0.29) is 31.1 Å². The summed E-state index contributed by atoms with van der Waals surface area (Å²) in [4.78, 5) is 30.0. The van der Waals surface area contributed by atoms with Crippen LogP contribution in [0.1, 0.15) is 0 Å². The third kappa shape index (κ3) is 5.44. The van der Waals surface area contributed by atoms with E-state index in [1.807, 2.05) is 47.4 Å². The summed E-state index contributed by atoms with van der Waals surface area (Å²) in [5.74, 6) is 0.299. The lowest BCUT2D eigenvalue weighted by molar-refractivity contribution is -0.117. The van der Waals surface area contributed by atoms with Crippen LogP contribution in [-0.2, 0) is 9.53 Å². The lowest BCUT2D eigenvalue weighted by atomic mass is 9.99. The van der Waals surface area contributed by atoms with Gasteiger partial charge in [0.05, 0.1) is 44.0 Å². The monoisotopic (exact) mass is 573 g/mol. The van der Waals surface area contributed by atoms with Gasteiger partial charge >= 0.3 is 0 Å². The Balaban J connectivity index is 1.47. The number of amides is 1. The van der Waals surface area contributed by atoms with Crippen molar-refractivity contribution in [1.82, 2.24) is 4.90 Å². The summed E-state index contributed by atoms with van der Waals surface area (Å²) in [7, 11) is 0. The first-order chi connectivity index (χ1) is 20.1. The number of ether oxygens (including phenoxy) is 1. The zero-order valence-corrected chi connectivity index (χ0v) is 23.3. The molecule has 1 aliphatic heterocycles. The number of rotatable bonds is 9. The Morgan fingerprint density at radius 3 is 2.49 bits per heavy atom. The molecule has 6 rings (SSSR count). The highest BCUT2D eigenvalue weighted by Gasteiger charge is 2.21. The number of nitrogens with one attached hydrogen (secondary N) is 1. The summed E-state index contributed by atoms with van der Waals surface area (Å²) in [6, 6.07) is 19.1. The lowest BCUT2D eigenvalue weighted by Crippen LogP contribution is -2.37. The number of aliphatic hydroxyl groups excluding tert-OH is 2. The molecule has 1 aliphatic rings. The molecular formula is C31H31N3O6S. The summed E-state index contributed by atoms with van der Waals surface area (Å²) >= 11 is 1.62. The van der Waals surface area contributed by atoms with Gasteiger partial charge in [-0.3, -0.25) is 14.5 Å². The summed E-state index contributed by atoms with van der Waals surface area (Å²) in [6.07, 6.45) is 0. The van der Waals surface area contributed by atoms with Crippen LogP contribution in [0.4, 0.5) is 11.6 Å². The number of nitrogens with zero attached hydrogens (tertiary/aromatic N) is 2. The first-order valence-corrected chi connectivity index (χ1v) is 14.5. The maximum Gasteiger partial charge on any atom is 0.238 e. The molecule has 9 nitrogen and oxygen atoms in total. The van der Waals surface area contributed by atoms with Gasteiger partial charge in [0.25, 0.3) is 0 Å². The fraction of sp³-hybridized carbons (Fsp3) is 0.290. The summed E-state index contributed by atoms with van der Waals surface area (Å²) in [5, 5.41) is 24.2. The number of carbonyl (C=O) groups excluding carboxylic acids is 1. The van der Waals surface area contributed by atoms with Crippen LogP contribution in [0.3, 0.4) is 0 Å². The molecule has 3 aromatic carbocycles. The minimum Gasteiger partial charge on any atom is -0.440 e. The van der Waals surface area contributed by atoms with E-state index in [9.17, 15) is 19.8 Å². The van der Waals surface area contributed by atoms with Gasteiger partial charge in [-0.05, 0) is 18.2 Å². The van der Waals surface area contributed by atoms with Crippen LogP contribution in [0.15, 0.2) is 69.9 Å². The van der Waals surface area contributed by atoms with Gasteiger partial charge in [-0.25, -0.2) is 0 Å². The maximum atomic E-state index is 13.2. The zero-order valence-electron chi connectivity index (χ0n) is 22.5. The highest BCUT2D eigenvalue weighted by atomic mass is 32.1. The Morgan fingerprint density at radius 2 is 1.71 bits per heavy atom. The molecule has 0 atom stereocenters. The third-order valence-electron chi connectivity index (χ3n) is 7.35. The topological polar surface area (TPSA) is 115 Å². The molecule has 0 aliphatic carbocycles. The third-order valence-corrected chi connectivity index (χ3v) is 8.56. The highest BCUT2D eigenvalue weighted by Crippen LogP contribution is 2.45. The highest BCUT2D eigenvalue weighted by molar-refractivity contribution is 7.26. The first kappa shape index (κ1) is 27.4. The smallest absolute Gasteiger partial charge is 0.238 e. The molecular weight excluding hydrogens is 542 g/mol. The fourth-order valence-corrected chi connectivity index (χ4v) is 6.66. The van der Waals surface area contributed by atoms with Gasteiger partial charge < -0.3 is 29.6 Å². The number of thiophene rings is 1. The molecule has 212 valence electrons. The van der Waals surface area contributed by atoms with E-state index in [0.717, 1.165) is 31.3 Å². The number of anilines is 2. The summed E-state index contributed by atoms with van der Waals surface area (Å²) < 4.78 is 14.0. The van der Waals surface area contributed by atoms with Gasteiger partial charge in [-0.2, -0.15) is 0 Å². The quantitative estimate of drug-likeness (QED) is 0.243. The largest absolute Gasteiger partial charge is 0.440 e. The van der Waals surface area contributed by atoms with E-state index in [2.05, 4.69) is 11.4 Å². The van der Waals surface area contributed by atoms with Crippen molar-refractivity contribution in [2.24, 2.45) is 0 Å². The zero-order chi connectivity index (χ0) is 28.3. The second-order valence-electron chi connectivity index (χ2n) is 9.97. The average Bonchev–Trinajstić information content (AvgIpc) is 3.38. The Morgan fingerprint density at radius 1 is 0.951 bits per heavy atom. The molecule has 0 bridgehead atoms. The number of fused-ring (bicyclic) bond motifs is 4. The molecule has 0 radical (unpaired) electrons. The van der Waals surface area contributed by atoms with Crippen molar-refractivity contribution in [3.63, 3.8) is 0 Å². The van der Waals surface area contributed by atoms with E-state index in [0.29, 0.717) is 61.9 Å². The molecule has 0 spiro atoms. The predicted octanol–water partition coefficient (Wildman–Crippen LogP) is 3.89. The van der Waals surface area contributed by atoms with Crippen LogP contribution in [0.25, 0.3) is 42.3 Å². The minimum atomic E-state index is -0.234. The van der Waals surface area contributed by atoms with Gasteiger partial charge in [-0.1, -0.05) is 36.4 Å². The van der Waals surface area contributed by atoms with E-state index >= 15 is 0 Å². The molecule has 2 aromatic heterocycles. The van der Waals surface area contributed by atoms with Gasteiger partial charge in [0.1, 0.15) is 5.58 Å². The van der Waals surface area contributed by atoms with E-state index < -0.39 is 0 Å². The number of carbonyl (C=O) groups is 1. The van der Waals surface area contributed by atoms with Crippen molar-refractivity contribution < 1.29 is 24.2 Å². The summed E-state index contributed by atoms with van der Waals surface area (Å²) in [6.45, 7) is 2.90. The van der Waals surface area contributed by atoms with Crippen LogP contribution in [0.2, 0.25) is 0 Å². The number of benzene rings is 3. The second-order valence-corrected chi connectivity index (χ2v) is 11.0. The van der Waals surface area contributed by atoms with Gasteiger partial charge in [0, 0.05) is 63.5 Å². The number of morpholine rings is 1. The van der Waals surface area contributed by atoms with E-state index in [4.69, 9.17) is 9.15 Å². The molecule has 0 unspecified atom stereocenters. The fourth-order valence-electron chi connectivity index (χ4n) is 5.41. The molecule has 1 saturated heterocycles. The molecule has 5 aromatic rings. The Labute approximate surface area is 240 Å². The van der Waals surface area contributed by atoms with Gasteiger partial charge in [-0.15, -0.1) is 11.3 Å². The van der Waals surface area contributed by atoms with Crippen LogP contribution < -0.4 is 15.6 Å². The molecule has 3 N–H and O–H groups in total. The Bertz CT molecular complexity index is 1770. The van der Waals surface area contributed by atoms with Crippen LogP contribution in [0, 0.1) is 0 Å². The van der Waals surface area contributed by atoms with Crippen molar-refractivity contribution in [3.05, 3.63) is 70.9 Å². The maximum absolute atomic E-state index is 13.2. The molecule has 10 heteroatoms. The molecule has 1 fully saturated rings. The number of para-hydroxylation sites is 1. The Hall–Kier alpha value is -3.80. The molecule has 3 heterocycles. The second kappa shape index (κ2) is 12.0. The van der Waals surface area contributed by atoms with E-state index in [1.165, 1.54) is 0 Å². The van der Waals surface area contributed by atoms with Crippen molar-refractivity contribution >= 4 is 60.0 Å². The number of hydrogen-bond acceptors (Lipinski definition) is 9.